The summed E-state index contributed by atoms with van der Waals surface area (Å²) in [4.78, 5) is 28.0. The van der Waals surface area contributed by atoms with Crippen LogP contribution < -0.4 is 11.2 Å². The fourth-order valence-electron chi connectivity index (χ4n) is 1.57. The van der Waals surface area contributed by atoms with E-state index in [1.165, 1.54) is 18.5 Å². The van der Waals surface area contributed by atoms with Gasteiger partial charge < -0.3 is 15.6 Å². The first kappa shape index (κ1) is 13.4. The maximum atomic E-state index is 12.1. The van der Waals surface area contributed by atoms with Crippen molar-refractivity contribution >= 4 is 5.91 Å². The van der Waals surface area contributed by atoms with E-state index in [1.807, 2.05) is 0 Å². The maximum Gasteiger partial charge on any atom is 0.259 e. The smallest absolute Gasteiger partial charge is 0.259 e. The lowest BCUT2D eigenvalue weighted by atomic mass is 10.2. The molecule has 0 spiro atoms. The summed E-state index contributed by atoms with van der Waals surface area (Å²) in [5.41, 5.74) is 5.40. The average molecular weight is 237 g/mol. The van der Waals surface area contributed by atoms with Gasteiger partial charge >= 0.3 is 0 Å². The van der Waals surface area contributed by atoms with Crippen LogP contribution in [-0.4, -0.2) is 35.4 Å². The second-order valence-electron chi connectivity index (χ2n) is 3.86. The quantitative estimate of drug-likeness (QED) is 0.759. The van der Waals surface area contributed by atoms with E-state index in [1.54, 1.807) is 4.90 Å². The number of hydrogen-bond donors (Lipinski definition) is 2. The van der Waals surface area contributed by atoms with E-state index < -0.39 is 0 Å². The summed E-state index contributed by atoms with van der Waals surface area (Å²) in [6.45, 7) is 3.58. The monoisotopic (exact) mass is 237 g/mol. The Labute approximate surface area is 101 Å². The van der Waals surface area contributed by atoms with Gasteiger partial charge in [-0.2, -0.15) is 0 Å². The number of nitrogens with zero attached hydrogens (tertiary/aromatic N) is 1. The number of aromatic nitrogens is 1. The number of rotatable bonds is 6. The van der Waals surface area contributed by atoms with E-state index in [0.717, 1.165) is 12.8 Å². The fraction of sp³-hybridized carbons (Fsp3) is 0.500. The van der Waals surface area contributed by atoms with Crippen molar-refractivity contribution in [3.63, 3.8) is 0 Å². The zero-order valence-corrected chi connectivity index (χ0v) is 10.1. The second-order valence-corrected chi connectivity index (χ2v) is 3.86. The summed E-state index contributed by atoms with van der Waals surface area (Å²) >= 11 is 0. The van der Waals surface area contributed by atoms with Crippen LogP contribution in [0.5, 0.6) is 0 Å². The van der Waals surface area contributed by atoms with Gasteiger partial charge in [0.2, 0.25) is 0 Å². The molecule has 0 aliphatic carbocycles. The molecule has 0 atom stereocenters. The number of amides is 1. The Kier molecular flexibility index (Phi) is 5.42. The maximum absolute atomic E-state index is 12.1. The molecule has 0 saturated carbocycles. The van der Waals surface area contributed by atoms with Crippen molar-refractivity contribution in [1.82, 2.24) is 9.88 Å². The van der Waals surface area contributed by atoms with Crippen LogP contribution in [0.2, 0.25) is 0 Å². The Morgan fingerprint density at radius 2 is 2.24 bits per heavy atom. The molecule has 17 heavy (non-hydrogen) atoms. The van der Waals surface area contributed by atoms with Gasteiger partial charge in [-0.25, -0.2) is 0 Å². The van der Waals surface area contributed by atoms with Crippen LogP contribution in [0.25, 0.3) is 0 Å². The van der Waals surface area contributed by atoms with Gasteiger partial charge in [0, 0.05) is 38.1 Å². The largest absolute Gasteiger partial charge is 0.367 e. The SMILES string of the molecule is CCCCN(CCN)C(=O)c1c[nH]ccc1=O. The second kappa shape index (κ2) is 6.85. The molecule has 1 aromatic heterocycles. The summed E-state index contributed by atoms with van der Waals surface area (Å²) in [6, 6.07) is 1.35. The first-order valence-electron chi connectivity index (χ1n) is 5.87. The molecule has 1 amide bonds. The van der Waals surface area contributed by atoms with Crippen molar-refractivity contribution in [1.29, 1.82) is 0 Å². The molecule has 0 saturated heterocycles. The first-order chi connectivity index (χ1) is 8.20. The molecule has 0 aromatic carbocycles. The minimum absolute atomic E-state index is 0.178. The molecule has 5 nitrogen and oxygen atoms in total. The molecule has 0 fully saturated rings. The third kappa shape index (κ3) is 3.71. The first-order valence-corrected chi connectivity index (χ1v) is 5.87. The molecule has 5 heteroatoms. The topological polar surface area (TPSA) is 79.2 Å². The van der Waals surface area contributed by atoms with Crippen LogP contribution in [-0.2, 0) is 0 Å². The third-order valence-electron chi connectivity index (χ3n) is 2.52. The minimum Gasteiger partial charge on any atom is -0.367 e. The van der Waals surface area contributed by atoms with Crippen molar-refractivity contribution in [3.05, 3.63) is 34.2 Å². The summed E-state index contributed by atoms with van der Waals surface area (Å²) in [5, 5.41) is 0. The molecular weight excluding hydrogens is 218 g/mol. The number of nitrogens with two attached hydrogens (primary N) is 1. The minimum atomic E-state index is -0.257. The Bertz CT molecular complexity index is 414. The zero-order chi connectivity index (χ0) is 12.7. The van der Waals surface area contributed by atoms with Crippen molar-refractivity contribution in [3.8, 4) is 0 Å². The van der Waals surface area contributed by atoms with Crippen LogP contribution >= 0.6 is 0 Å². The highest BCUT2D eigenvalue weighted by atomic mass is 16.2. The number of pyridine rings is 1. The molecule has 1 rings (SSSR count). The highest BCUT2D eigenvalue weighted by Gasteiger charge is 2.16. The molecule has 0 aliphatic heterocycles. The van der Waals surface area contributed by atoms with Crippen LogP contribution in [0.4, 0.5) is 0 Å². The Balaban J connectivity index is 2.84. The zero-order valence-electron chi connectivity index (χ0n) is 10.1. The molecule has 0 radical (unpaired) electrons. The van der Waals surface area contributed by atoms with Crippen LogP contribution in [0, 0.1) is 0 Å². The van der Waals surface area contributed by atoms with Crippen LogP contribution in [0.3, 0.4) is 0 Å². The number of aromatic amines is 1. The fourth-order valence-corrected chi connectivity index (χ4v) is 1.57. The molecule has 0 bridgehead atoms. The number of carbonyl (C=O) groups is 1. The van der Waals surface area contributed by atoms with E-state index in [-0.39, 0.29) is 16.9 Å². The van der Waals surface area contributed by atoms with Gasteiger partial charge in [-0.15, -0.1) is 0 Å². The third-order valence-corrected chi connectivity index (χ3v) is 2.52. The lowest BCUT2D eigenvalue weighted by Gasteiger charge is -2.21. The number of H-pyrrole nitrogens is 1. The normalized spacial score (nSPS) is 10.2. The van der Waals surface area contributed by atoms with Crippen molar-refractivity contribution in [2.45, 2.75) is 19.8 Å². The molecule has 0 unspecified atom stereocenters. The number of hydrogen-bond acceptors (Lipinski definition) is 3. The van der Waals surface area contributed by atoms with E-state index in [0.29, 0.717) is 19.6 Å². The predicted octanol–water partition coefficient (Wildman–Crippen LogP) is 0.576. The van der Waals surface area contributed by atoms with E-state index in [9.17, 15) is 9.59 Å². The molecule has 1 heterocycles. The Hall–Kier alpha value is -1.62. The van der Waals surface area contributed by atoms with E-state index >= 15 is 0 Å². The Morgan fingerprint density at radius 1 is 1.47 bits per heavy atom. The van der Waals surface area contributed by atoms with E-state index in [4.69, 9.17) is 5.73 Å². The van der Waals surface area contributed by atoms with Gasteiger partial charge in [-0.05, 0) is 6.42 Å². The van der Waals surface area contributed by atoms with Crippen molar-refractivity contribution < 1.29 is 4.79 Å². The van der Waals surface area contributed by atoms with Gasteiger partial charge in [-0.3, -0.25) is 9.59 Å². The molecule has 0 aliphatic rings. The number of carbonyl (C=O) groups excluding carboxylic acids is 1. The van der Waals surface area contributed by atoms with Gasteiger partial charge in [0.25, 0.3) is 5.91 Å². The predicted molar refractivity (Wildman–Crippen MR) is 66.9 cm³/mol. The molecule has 3 N–H and O–H groups in total. The standard InChI is InChI=1S/C12H19N3O2/c1-2-3-7-15(8-5-13)12(17)10-9-14-6-4-11(10)16/h4,6,9H,2-3,5,7-8,13H2,1H3,(H,14,16). The lowest BCUT2D eigenvalue weighted by Crippen LogP contribution is -2.38. The van der Waals surface area contributed by atoms with Gasteiger partial charge in [0.15, 0.2) is 5.43 Å². The van der Waals surface area contributed by atoms with Crippen molar-refractivity contribution in [2.24, 2.45) is 5.73 Å². The summed E-state index contributed by atoms with van der Waals surface area (Å²) in [5.74, 6) is -0.245. The van der Waals surface area contributed by atoms with Gasteiger partial charge in [0.05, 0.1) is 0 Å². The summed E-state index contributed by atoms with van der Waals surface area (Å²) in [6.07, 6.45) is 4.87. The van der Waals surface area contributed by atoms with Crippen LogP contribution in [0.15, 0.2) is 23.3 Å². The summed E-state index contributed by atoms with van der Waals surface area (Å²) in [7, 11) is 0. The highest BCUT2D eigenvalue weighted by Crippen LogP contribution is 2.01. The van der Waals surface area contributed by atoms with Crippen LogP contribution in [0.1, 0.15) is 30.1 Å². The molecule has 94 valence electrons. The van der Waals surface area contributed by atoms with Crippen molar-refractivity contribution in [2.75, 3.05) is 19.6 Å². The highest BCUT2D eigenvalue weighted by molar-refractivity contribution is 5.93. The summed E-state index contributed by atoms with van der Waals surface area (Å²) < 4.78 is 0. The molecular formula is C12H19N3O2. The number of nitrogens with one attached hydrogen (secondary N) is 1. The lowest BCUT2D eigenvalue weighted by molar-refractivity contribution is 0.0756. The van der Waals surface area contributed by atoms with E-state index in [2.05, 4.69) is 11.9 Å². The van der Waals surface area contributed by atoms with Gasteiger partial charge in [-0.1, -0.05) is 13.3 Å². The number of unbranched alkanes of at least 4 members (excludes halogenated alkanes) is 1. The Morgan fingerprint density at radius 3 is 2.82 bits per heavy atom. The average Bonchev–Trinajstić information content (AvgIpc) is 2.34. The van der Waals surface area contributed by atoms with Gasteiger partial charge in [0.1, 0.15) is 5.56 Å². The molecule has 1 aromatic rings.